The molecule has 3 aromatic rings. The highest BCUT2D eigenvalue weighted by Gasteiger charge is 2.12. The van der Waals surface area contributed by atoms with E-state index < -0.39 is 15.6 Å². The number of hydrogen-bond acceptors (Lipinski definition) is 5. The highest BCUT2D eigenvalue weighted by atomic mass is 32.2. The summed E-state index contributed by atoms with van der Waals surface area (Å²) >= 11 is 0. The summed E-state index contributed by atoms with van der Waals surface area (Å²) in [5, 5.41) is 2.63. The fourth-order valence-electron chi connectivity index (χ4n) is 2.77. The summed E-state index contributed by atoms with van der Waals surface area (Å²) in [6.45, 7) is 1.40. The number of aromatic nitrogens is 1. The molecule has 162 valence electrons. The summed E-state index contributed by atoms with van der Waals surface area (Å²) in [5.41, 5.74) is 1.96. The number of methoxy groups -OCH3 is 1. The van der Waals surface area contributed by atoms with Gasteiger partial charge in [-0.2, -0.15) is 4.36 Å². The van der Waals surface area contributed by atoms with Gasteiger partial charge in [0.1, 0.15) is 5.75 Å². The van der Waals surface area contributed by atoms with Gasteiger partial charge in [0.05, 0.1) is 28.0 Å². The summed E-state index contributed by atoms with van der Waals surface area (Å²) < 4.78 is 22.2. The number of hydrogen-bond donors (Lipinski definition) is 1. The Morgan fingerprint density at radius 2 is 1.78 bits per heavy atom. The maximum atomic E-state index is 13.0. The zero-order valence-corrected chi connectivity index (χ0v) is 18.6. The Labute approximate surface area is 187 Å². The van der Waals surface area contributed by atoms with Crippen molar-refractivity contribution >= 4 is 27.2 Å². The van der Waals surface area contributed by atoms with Crippen molar-refractivity contribution in [3.63, 3.8) is 0 Å². The third kappa shape index (κ3) is 5.80. The maximum absolute atomic E-state index is 13.0. The Bertz CT molecular complexity index is 1350. The molecule has 1 N–H and O–H groups in total. The molecule has 8 heteroatoms. The van der Waals surface area contributed by atoms with Gasteiger partial charge in [0.25, 0.3) is 5.91 Å². The number of anilines is 1. The van der Waals surface area contributed by atoms with Gasteiger partial charge in [0.15, 0.2) is 0 Å². The predicted molar refractivity (Wildman–Crippen MR) is 123 cm³/mol. The Kier molecular flexibility index (Phi) is 7.03. The predicted octanol–water partition coefficient (Wildman–Crippen LogP) is 3.75. The quantitative estimate of drug-likeness (QED) is 0.615. The SMILES string of the molecule is COc1ccccc1C#Cc1cncc(C(=O)N=S(C)(=O)c2ccc(NC(C)=O)cc2)c1. The number of carbonyl (C=O) groups excluding carboxylic acids is 2. The molecule has 1 heterocycles. The molecule has 0 saturated heterocycles. The van der Waals surface area contributed by atoms with E-state index in [1.54, 1.807) is 37.4 Å². The number of ether oxygens (including phenoxy) is 1. The summed E-state index contributed by atoms with van der Waals surface area (Å²) in [7, 11) is -1.43. The number of amides is 2. The number of nitrogens with one attached hydrogen (secondary N) is 1. The van der Waals surface area contributed by atoms with Gasteiger partial charge in [-0.25, -0.2) is 4.21 Å². The van der Waals surface area contributed by atoms with Crippen molar-refractivity contribution in [1.82, 2.24) is 4.98 Å². The molecule has 0 fully saturated rings. The first-order valence-electron chi connectivity index (χ1n) is 9.53. The van der Waals surface area contributed by atoms with Crippen molar-refractivity contribution in [3.8, 4) is 17.6 Å². The highest BCUT2D eigenvalue weighted by Crippen LogP contribution is 2.18. The van der Waals surface area contributed by atoms with Crippen LogP contribution in [0.2, 0.25) is 0 Å². The van der Waals surface area contributed by atoms with E-state index in [-0.39, 0.29) is 11.5 Å². The molecule has 0 aliphatic rings. The van der Waals surface area contributed by atoms with E-state index in [1.165, 1.54) is 25.6 Å². The Morgan fingerprint density at radius 1 is 1.06 bits per heavy atom. The van der Waals surface area contributed by atoms with E-state index in [4.69, 9.17) is 4.74 Å². The smallest absolute Gasteiger partial charge is 0.286 e. The molecule has 0 spiro atoms. The van der Waals surface area contributed by atoms with Gasteiger partial charge in [-0.3, -0.25) is 14.6 Å². The minimum atomic E-state index is -3.00. The highest BCUT2D eigenvalue weighted by molar-refractivity contribution is 7.93. The van der Waals surface area contributed by atoms with Crippen LogP contribution >= 0.6 is 0 Å². The van der Waals surface area contributed by atoms with Crippen molar-refractivity contribution in [2.24, 2.45) is 4.36 Å². The van der Waals surface area contributed by atoms with Gasteiger partial charge < -0.3 is 10.1 Å². The molecule has 2 aromatic carbocycles. The molecule has 7 nitrogen and oxygen atoms in total. The number of para-hydroxylation sites is 1. The van der Waals surface area contributed by atoms with Crippen LogP contribution in [0.25, 0.3) is 0 Å². The standard InChI is InChI=1S/C24H21N3O4S/c1-17(28)26-21-10-12-22(13-11-21)32(3,30)27-24(29)20-14-18(15-25-16-20)8-9-19-6-4-5-7-23(19)31-2/h4-7,10-16H,1-3H3,(H,26,28). The van der Waals surface area contributed by atoms with Crippen LogP contribution in [0.15, 0.2) is 76.2 Å². The van der Waals surface area contributed by atoms with Crippen LogP contribution < -0.4 is 10.1 Å². The lowest BCUT2D eigenvalue weighted by atomic mass is 10.1. The van der Waals surface area contributed by atoms with E-state index in [2.05, 4.69) is 26.5 Å². The molecular formula is C24H21N3O4S. The van der Waals surface area contributed by atoms with Crippen molar-refractivity contribution in [3.05, 3.63) is 83.7 Å². The van der Waals surface area contributed by atoms with Gasteiger partial charge in [-0.05, 0) is 42.5 Å². The molecule has 0 aliphatic heterocycles. The first kappa shape index (κ1) is 22.7. The average Bonchev–Trinajstić information content (AvgIpc) is 2.77. The Balaban J connectivity index is 1.85. The summed E-state index contributed by atoms with van der Waals surface area (Å²) in [4.78, 5) is 28.2. The van der Waals surface area contributed by atoms with Crippen molar-refractivity contribution in [2.75, 3.05) is 18.7 Å². The van der Waals surface area contributed by atoms with Crippen LogP contribution in [-0.2, 0) is 14.5 Å². The van der Waals surface area contributed by atoms with Crippen LogP contribution in [0, 0.1) is 11.8 Å². The van der Waals surface area contributed by atoms with Gasteiger partial charge in [0.2, 0.25) is 5.91 Å². The lowest BCUT2D eigenvalue weighted by molar-refractivity contribution is -0.114. The second-order valence-corrected chi connectivity index (χ2v) is 9.08. The summed E-state index contributed by atoms with van der Waals surface area (Å²) in [6, 6.07) is 15.2. The molecule has 0 radical (unpaired) electrons. The summed E-state index contributed by atoms with van der Waals surface area (Å²) in [5.74, 6) is 5.73. The van der Waals surface area contributed by atoms with E-state index in [9.17, 15) is 13.8 Å². The van der Waals surface area contributed by atoms with Crippen LogP contribution in [0.4, 0.5) is 5.69 Å². The van der Waals surface area contributed by atoms with Crippen LogP contribution in [-0.4, -0.2) is 34.4 Å². The van der Waals surface area contributed by atoms with Gasteiger partial charge >= 0.3 is 0 Å². The largest absolute Gasteiger partial charge is 0.495 e. The zero-order chi connectivity index (χ0) is 23.1. The third-order valence-electron chi connectivity index (χ3n) is 4.30. The molecular weight excluding hydrogens is 426 g/mol. The van der Waals surface area contributed by atoms with E-state index in [0.29, 0.717) is 27.5 Å². The Hall–Kier alpha value is -3.96. The minimum Gasteiger partial charge on any atom is -0.495 e. The minimum absolute atomic E-state index is 0.182. The lowest BCUT2D eigenvalue weighted by Crippen LogP contribution is -2.07. The molecule has 0 bridgehead atoms. The number of carbonyl (C=O) groups is 2. The van der Waals surface area contributed by atoms with Gasteiger partial charge in [-0.1, -0.05) is 24.0 Å². The van der Waals surface area contributed by atoms with Crippen molar-refractivity contribution in [2.45, 2.75) is 11.8 Å². The molecule has 1 unspecified atom stereocenters. The first-order chi connectivity index (χ1) is 15.3. The van der Waals surface area contributed by atoms with Crippen molar-refractivity contribution < 1.29 is 18.5 Å². The van der Waals surface area contributed by atoms with Crippen LogP contribution in [0.1, 0.15) is 28.4 Å². The molecule has 3 rings (SSSR count). The summed E-state index contributed by atoms with van der Waals surface area (Å²) in [6.07, 6.45) is 4.27. The molecule has 1 atom stereocenters. The van der Waals surface area contributed by atoms with Crippen LogP contribution in [0.3, 0.4) is 0 Å². The second kappa shape index (κ2) is 9.90. The molecule has 2 amide bonds. The maximum Gasteiger partial charge on any atom is 0.286 e. The van der Waals surface area contributed by atoms with Gasteiger partial charge in [0, 0.05) is 41.7 Å². The number of benzene rings is 2. The number of pyridine rings is 1. The van der Waals surface area contributed by atoms with Crippen molar-refractivity contribution in [1.29, 1.82) is 0 Å². The second-order valence-electron chi connectivity index (χ2n) is 6.82. The van der Waals surface area contributed by atoms with E-state index >= 15 is 0 Å². The van der Waals surface area contributed by atoms with Gasteiger partial charge in [-0.15, -0.1) is 0 Å². The number of nitrogens with zero attached hydrogens (tertiary/aromatic N) is 2. The monoisotopic (exact) mass is 447 g/mol. The first-order valence-corrected chi connectivity index (χ1v) is 11.4. The average molecular weight is 448 g/mol. The lowest BCUT2D eigenvalue weighted by Gasteiger charge is -2.06. The van der Waals surface area contributed by atoms with E-state index in [0.717, 1.165) is 0 Å². The topological polar surface area (TPSA) is 97.7 Å². The molecule has 1 aromatic heterocycles. The Morgan fingerprint density at radius 3 is 2.47 bits per heavy atom. The third-order valence-corrected chi connectivity index (χ3v) is 5.96. The zero-order valence-electron chi connectivity index (χ0n) is 17.8. The fraction of sp³-hybridized carbons (Fsp3) is 0.125. The molecule has 0 aliphatic carbocycles. The number of rotatable bonds is 4. The molecule has 0 saturated carbocycles. The fourth-order valence-corrected chi connectivity index (χ4v) is 3.94. The van der Waals surface area contributed by atoms with E-state index in [1.807, 2.05) is 24.3 Å². The normalized spacial score (nSPS) is 12.0. The molecule has 32 heavy (non-hydrogen) atoms. The van der Waals surface area contributed by atoms with Crippen LogP contribution in [0.5, 0.6) is 5.75 Å².